The van der Waals surface area contributed by atoms with Gasteiger partial charge in [-0.25, -0.2) is 0 Å². The molecule has 0 saturated carbocycles. The zero-order chi connectivity index (χ0) is 17.3. The van der Waals surface area contributed by atoms with Crippen LogP contribution in [0.5, 0.6) is 0 Å². The molecule has 5 heteroatoms. The van der Waals surface area contributed by atoms with Crippen molar-refractivity contribution in [1.82, 2.24) is 0 Å². The predicted octanol–water partition coefficient (Wildman–Crippen LogP) is 3.84. The maximum absolute atomic E-state index is 12.6. The third-order valence-electron chi connectivity index (χ3n) is 4.81. The van der Waals surface area contributed by atoms with E-state index in [1.54, 1.807) is 0 Å². The van der Waals surface area contributed by atoms with Crippen LogP contribution in [0.15, 0.2) is 47.4 Å². The van der Waals surface area contributed by atoms with E-state index in [9.17, 15) is 14.9 Å². The summed E-state index contributed by atoms with van der Waals surface area (Å²) < 4.78 is 5.95. The largest absolute Gasteiger partial charge is 0.465 e. The molecule has 1 aromatic rings. The minimum Gasteiger partial charge on any atom is -0.465 e. The third kappa shape index (κ3) is 3.25. The quantitative estimate of drug-likeness (QED) is 0.622. The molecule has 0 fully saturated rings. The Labute approximate surface area is 141 Å². The summed E-state index contributed by atoms with van der Waals surface area (Å²) in [4.78, 5) is 23.3. The molecule has 2 aliphatic rings. The van der Waals surface area contributed by atoms with Crippen LogP contribution < -0.4 is 0 Å². The van der Waals surface area contributed by atoms with Crippen molar-refractivity contribution in [3.05, 3.63) is 63.1 Å². The van der Waals surface area contributed by atoms with Crippen LogP contribution in [0.25, 0.3) is 6.08 Å². The Balaban J connectivity index is 1.95. The Morgan fingerprint density at radius 3 is 2.62 bits per heavy atom. The number of hydrogen-bond donors (Lipinski definition) is 0. The topological polar surface area (TPSA) is 69.4 Å². The van der Waals surface area contributed by atoms with Gasteiger partial charge in [-0.1, -0.05) is 44.2 Å². The lowest BCUT2D eigenvalue weighted by Crippen LogP contribution is -2.26. The fourth-order valence-corrected chi connectivity index (χ4v) is 3.41. The molecule has 3 rings (SSSR count). The highest BCUT2D eigenvalue weighted by molar-refractivity contribution is 5.98. The van der Waals surface area contributed by atoms with Crippen LogP contribution in [0.3, 0.4) is 0 Å². The number of Topliss-reactive ketones (excluding diaryl/α,β-unsaturated/α-hetero) is 1. The van der Waals surface area contributed by atoms with Gasteiger partial charge in [0.25, 0.3) is 0 Å². The first-order chi connectivity index (χ1) is 11.5. The van der Waals surface area contributed by atoms with Crippen LogP contribution in [0.4, 0.5) is 0 Å². The van der Waals surface area contributed by atoms with Crippen molar-refractivity contribution in [2.75, 3.05) is 6.54 Å². The number of allylic oxidation sites excluding steroid dienone is 1. The average molecular weight is 327 g/mol. The average Bonchev–Trinajstić information content (AvgIpc) is 2.85. The van der Waals surface area contributed by atoms with Gasteiger partial charge in [0, 0.05) is 17.8 Å². The summed E-state index contributed by atoms with van der Waals surface area (Å²) in [5.74, 6) is 1.19. The smallest absolute Gasteiger partial charge is 0.218 e. The molecule has 1 aliphatic heterocycles. The molecule has 1 heterocycles. The number of nitrogens with zero attached hydrogens (tertiary/aromatic N) is 1. The second-order valence-corrected chi connectivity index (χ2v) is 6.80. The maximum atomic E-state index is 12.6. The van der Waals surface area contributed by atoms with Crippen molar-refractivity contribution in [2.45, 2.75) is 26.7 Å². The van der Waals surface area contributed by atoms with Gasteiger partial charge in [0.1, 0.15) is 17.4 Å². The first-order valence-corrected chi connectivity index (χ1v) is 8.28. The molecule has 1 unspecified atom stereocenters. The van der Waals surface area contributed by atoms with E-state index in [-0.39, 0.29) is 23.2 Å². The standard InChI is InChI=1S/C19H21NO4/c1-12(2)14-9-16(21)19-15(11-20(22)23)17(24-18(19)10-14)8-13-6-4-3-5-7-13/h3-8,12,14-15H,9-11H2,1-2H3/b17-8-/t14?,15-/m1/s1. The van der Waals surface area contributed by atoms with Gasteiger partial charge < -0.3 is 4.74 Å². The van der Waals surface area contributed by atoms with Crippen LogP contribution in [0.2, 0.25) is 0 Å². The van der Waals surface area contributed by atoms with Gasteiger partial charge in [0.15, 0.2) is 5.78 Å². The van der Waals surface area contributed by atoms with Crippen molar-refractivity contribution in [3.8, 4) is 0 Å². The number of nitro groups is 1. The molecule has 5 nitrogen and oxygen atoms in total. The lowest BCUT2D eigenvalue weighted by Gasteiger charge is -2.25. The number of ketones is 1. The number of rotatable bonds is 4. The van der Waals surface area contributed by atoms with Crippen molar-refractivity contribution < 1.29 is 14.5 Å². The molecule has 0 amide bonds. The monoisotopic (exact) mass is 327 g/mol. The van der Waals surface area contributed by atoms with Gasteiger partial charge in [0.05, 0.1) is 5.57 Å². The summed E-state index contributed by atoms with van der Waals surface area (Å²) in [5.41, 5.74) is 1.43. The molecule has 0 radical (unpaired) electrons. The summed E-state index contributed by atoms with van der Waals surface area (Å²) in [6, 6.07) is 9.53. The summed E-state index contributed by atoms with van der Waals surface area (Å²) in [5, 5.41) is 11.1. The fourth-order valence-electron chi connectivity index (χ4n) is 3.41. The molecule has 24 heavy (non-hydrogen) atoms. The van der Waals surface area contributed by atoms with Gasteiger partial charge in [-0.2, -0.15) is 0 Å². The van der Waals surface area contributed by atoms with Crippen molar-refractivity contribution in [3.63, 3.8) is 0 Å². The molecule has 0 aromatic heterocycles. The molecule has 1 aromatic carbocycles. The van der Waals surface area contributed by atoms with Crippen molar-refractivity contribution in [1.29, 1.82) is 0 Å². The second-order valence-electron chi connectivity index (χ2n) is 6.80. The summed E-state index contributed by atoms with van der Waals surface area (Å²) in [6.07, 6.45) is 2.94. The lowest BCUT2D eigenvalue weighted by atomic mass is 9.78. The van der Waals surface area contributed by atoms with Gasteiger partial charge in [-0.05, 0) is 23.5 Å². The van der Waals surface area contributed by atoms with Gasteiger partial charge in [0.2, 0.25) is 6.54 Å². The van der Waals surface area contributed by atoms with E-state index < -0.39 is 5.92 Å². The molecule has 2 atom stereocenters. The Morgan fingerprint density at radius 2 is 2.00 bits per heavy atom. The number of hydrogen-bond acceptors (Lipinski definition) is 4. The Morgan fingerprint density at radius 1 is 1.29 bits per heavy atom. The minimum atomic E-state index is -0.573. The highest BCUT2D eigenvalue weighted by atomic mass is 16.6. The van der Waals surface area contributed by atoms with Crippen LogP contribution in [0.1, 0.15) is 32.3 Å². The first-order valence-electron chi connectivity index (χ1n) is 8.28. The van der Waals surface area contributed by atoms with Crippen molar-refractivity contribution >= 4 is 11.9 Å². The molecule has 126 valence electrons. The van der Waals surface area contributed by atoms with E-state index in [0.29, 0.717) is 35.9 Å². The maximum Gasteiger partial charge on any atom is 0.218 e. The van der Waals surface area contributed by atoms with E-state index in [2.05, 4.69) is 13.8 Å². The molecular formula is C19H21NO4. The van der Waals surface area contributed by atoms with Crippen LogP contribution in [0, 0.1) is 27.9 Å². The summed E-state index contributed by atoms with van der Waals surface area (Å²) in [6.45, 7) is 3.87. The number of ether oxygens (including phenoxy) is 1. The molecule has 1 aliphatic carbocycles. The lowest BCUT2D eigenvalue weighted by molar-refractivity contribution is -0.484. The Hall–Kier alpha value is -2.43. The summed E-state index contributed by atoms with van der Waals surface area (Å²) in [7, 11) is 0. The fraction of sp³-hybridized carbons (Fsp3) is 0.421. The summed E-state index contributed by atoms with van der Waals surface area (Å²) >= 11 is 0. The van der Waals surface area contributed by atoms with E-state index in [0.717, 1.165) is 5.56 Å². The van der Waals surface area contributed by atoms with Gasteiger partial charge >= 0.3 is 0 Å². The molecule has 0 saturated heterocycles. The zero-order valence-corrected chi connectivity index (χ0v) is 13.9. The highest BCUT2D eigenvalue weighted by Crippen LogP contribution is 2.44. The third-order valence-corrected chi connectivity index (χ3v) is 4.81. The number of carbonyl (C=O) groups excluding carboxylic acids is 1. The molecular weight excluding hydrogens is 306 g/mol. The van der Waals surface area contributed by atoms with E-state index in [1.165, 1.54) is 0 Å². The molecule has 0 bridgehead atoms. The van der Waals surface area contributed by atoms with E-state index in [1.807, 2.05) is 36.4 Å². The second kappa shape index (κ2) is 6.59. The van der Waals surface area contributed by atoms with Crippen LogP contribution in [-0.2, 0) is 9.53 Å². The van der Waals surface area contributed by atoms with E-state index >= 15 is 0 Å². The van der Waals surface area contributed by atoms with Gasteiger partial charge in [-0.3, -0.25) is 14.9 Å². The first kappa shape index (κ1) is 16.4. The molecule has 0 N–H and O–H groups in total. The SMILES string of the molecule is CC(C)C1CC(=O)C2=C(C1)O/C(=C\c1ccccc1)[C@H]2C[N+](=O)[O-]. The van der Waals surface area contributed by atoms with E-state index in [4.69, 9.17) is 4.74 Å². The Kier molecular flexibility index (Phi) is 4.51. The number of carbonyl (C=O) groups is 1. The normalized spacial score (nSPS) is 25.1. The van der Waals surface area contributed by atoms with Gasteiger partial charge in [-0.15, -0.1) is 0 Å². The molecule has 0 spiro atoms. The van der Waals surface area contributed by atoms with Crippen LogP contribution in [-0.4, -0.2) is 17.3 Å². The van der Waals surface area contributed by atoms with Crippen molar-refractivity contribution in [2.24, 2.45) is 17.8 Å². The highest BCUT2D eigenvalue weighted by Gasteiger charge is 2.43. The number of benzene rings is 1. The Bertz CT molecular complexity index is 718. The zero-order valence-electron chi connectivity index (χ0n) is 13.9. The minimum absolute atomic E-state index is 0.00161. The predicted molar refractivity (Wildman–Crippen MR) is 90.5 cm³/mol. The van der Waals surface area contributed by atoms with Crippen LogP contribution >= 0.6 is 0 Å².